The molecule has 0 saturated heterocycles. The van der Waals surface area contributed by atoms with Crippen LogP contribution in [0.5, 0.6) is 0 Å². The van der Waals surface area contributed by atoms with Crippen molar-refractivity contribution >= 4 is 33.0 Å². The smallest absolute Gasteiger partial charge is 0.781 e. The minimum Gasteiger partial charge on any atom is -0.781 e. The van der Waals surface area contributed by atoms with Crippen LogP contribution in [0.25, 0.3) is 0 Å². The second-order valence-corrected chi connectivity index (χ2v) is 6.10. The zero-order valence-electron chi connectivity index (χ0n) is 12.9. The Hall–Kier alpha value is 2.52. The van der Waals surface area contributed by atoms with Crippen molar-refractivity contribution in [2.75, 3.05) is 0 Å². The fourth-order valence-corrected chi connectivity index (χ4v) is 2.19. The zero-order chi connectivity index (χ0) is 17.7. The van der Waals surface area contributed by atoms with E-state index in [0.717, 1.165) is 0 Å². The van der Waals surface area contributed by atoms with E-state index in [0.29, 0.717) is 0 Å². The van der Waals surface area contributed by atoms with Crippen LogP contribution in [-0.2, 0) is 45.7 Å². The molecule has 0 heterocycles. The summed E-state index contributed by atoms with van der Waals surface area (Å²) in [4.78, 5) is 19.7. The van der Waals surface area contributed by atoms with Gasteiger partial charge in [-0.1, -0.05) is 0 Å². The Bertz CT molecular complexity index is 359. The van der Waals surface area contributed by atoms with Crippen LogP contribution < -0.4 is 68.9 Å². The minimum absolute atomic E-state index is 0. The van der Waals surface area contributed by atoms with E-state index >= 15 is 0 Å². The summed E-state index contributed by atoms with van der Waals surface area (Å²) in [6.45, 7) is 2.39. The largest absolute Gasteiger partial charge is 1.00 e. The molecule has 20 heteroatoms. The van der Waals surface area contributed by atoms with E-state index in [9.17, 15) is 28.0 Å². The summed E-state index contributed by atoms with van der Waals surface area (Å²) < 4.78 is 63.1. The van der Waals surface area contributed by atoms with E-state index in [2.05, 4.69) is 27.4 Å². The third kappa shape index (κ3) is 26.7. The first-order valence-electron chi connectivity index (χ1n) is 4.91. The molecule has 0 aliphatic rings. The van der Waals surface area contributed by atoms with Gasteiger partial charge in [-0.05, 0) is 13.8 Å². The minimum atomic E-state index is -3.37. The van der Waals surface area contributed by atoms with Gasteiger partial charge in [0.05, 0.1) is 0 Å². The monoisotopic (exact) mass is 456 g/mol. The van der Waals surface area contributed by atoms with Crippen LogP contribution in [-0.4, -0.2) is 23.1 Å². The third-order valence-corrected chi connectivity index (χ3v) is 3.59. The Morgan fingerprint density at radius 3 is 1.12 bits per heavy atom. The van der Waals surface area contributed by atoms with E-state index in [1.165, 1.54) is 13.8 Å². The summed E-state index contributed by atoms with van der Waals surface area (Å²) in [6.07, 6.45) is -2.42. The van der Waals surface area contributed by atoms with Gasteiger partial charge in [-0.3, -0.25) is 18.2 Å². The first-order valence-corrected chi connectivity index (χ1v) is 9.81. The Labute approximate surface area is 183 Å². The molecule has 0 radical (unpaired) electrons. The predicted octanol–water partition coefficient (Wildman–Crippen LogP) is -6.00. The molecule has 0 aliphatic carbocycles. The molecule has 0 spiro atoms. The van der Waals surface area contributed by atoms with E-state index in [1.54, 1.807) is 0 Å². The Balaban J connectivity index is -0.000000154. The molecule has 6 unspecified atom stereocenters. The normalized spacial score (nSPS) is 17.6. The van der Waals surface area contributed by atoms with E-state index in [4.69, 9.17) is 10.5 Å². The summed E-state index contributed by atoms with van der Waals surface area (Å²) in [5, 5.41) is 15.4. The Kier molecular flexibility index (Phi) is 31.0. The summed E-state index contributed by atoms with van der Waals surface area (Å²) >= 11 is 0. The Morgan fingerprint density at radius 1 is 0.708 bits per heavy atom. The van der Waals surface area contributed by atoms with Crippen LogP contribution in [0.15, 0.2) is 0 Å². The zero-order valence-corrected chi connectivity index (χ0v) is 20.9. The third-order valence-electron chi connectivity index (χ3n) is 1.20. The fourth-order valence-electron chi connectivity index (χ4n) is 0.633. The average molecular weight is 456 g/mol. The molecule has 0 amide bonds. The molecule has 0 bridgehead atoms. The molecular weight excluding hydrogens is 442 g/mol. The van der Waals surface area contributed by atoms with Gasteiger partial charge in [0.2, 0.25) is 0 Å². The predicted molar refractivity (Wildman–Crippen MR) is 66.7 cm³/mol. The average Bonchev–Trinajstić information content (AvgIpc) is 2.36. The first-order chi connectivity index (χ1) is 10.1. The van der Waals surface area contributed by atoms with E-state index in [-0.39, 0.29) is 59.1 Å². The van der Waals surface area contributed by atoms with Gasteiger partial charge in [0.25, 0.3) is 0 Å². The van der Waals surface area contributed by atoms with Gasteiger partial charge >= 0.3 is 75.6 Å². The van der Waals surface area contributed by atoms with Gasteiger partial charge in [-0.2, -0.15) is 9.35 Å². The van der Waals surface area contributed by atoms with Crippen LogP contribution in [0, 0.1) is 0 Å². The summed E-state index contributed by atoms with van der Waals surface area (Å²) in [6, 6.07) is 0. The van der Waals surface area contributed by atoms with Crippen molar-refractivity contribution < 1.29 is 125 Å². The molecule has 0 aliphatic heterocycles. The van der Waals surface area contributed by atoms with Crippen molar-refractivity contribution in [1.82, 2.24) is 0 Å². The van der Waals surface area contributed by atoms with Gasteiger partial charge < -0.3 is 28.0 Å². The second kappa shape index (κ2) is 21.8. The Morgan fingerprint density at radius 2 is 0.958 bits per heavy atom. The van der Waals surface area contributed by atoms with Crippen LogP contribution >= 0.6 is 33.0 Å². The summed E-state index contributed by atoms with van der Waals surface area (Å²) in [5.41, 5.74) is 0. The van der Waals surface area contributed by atoms with E-state index < -0.39 is 45.6 Å². The van der Waals surface area contributed by atoms with Crippen LogP contribution in [0.4, 0.5) is 0 Å². The van der Waals surface area contributed by atoms with Crippen LogP contribution in [0.3, 0.4) is 0 Å². The number of hydrogen-bond donors (Lipinski definition) is 2. The molecule has 6 atom stereocenters. The number of rotatable bonds is 10. The van der Waals surface area contributed by atoms with Crippen molar-refractivity contribution in [3.8, 4) is 0 Å². The quantitative estimate of drug-likeness (QED) is 0.103. The molecular formula is C4H14Na2O14P4. The summed E-state index contributed by atoms with van der Waals surface area (Å²) in [7, 11) is -12.9. The van der Waals surface area contributed by atoms with Crippen molar-refractivity contribution in [2.45, 2.75) is 26.4 Å². The van der Waals surface area contributed by atoms with Crippen LogP contribution in [0.2, 0.25) is 0 Å². The molecule has 2 N–H and O–H groups in total. The van der Waals surface area contributed by atoms with Gasteiger partial charge in [-0.15, -0.1) is 0 Å². The van der Waals surface area contributed by atoms with Gasteiger partial charge in [-0.25, -0.2) is 10.5 Å². The maximum Gasteiger partial charge on any atom is 1.00 e. The van der Waals surface area contributed by atoms with E-state index in [1.807, 2.05) is 0 Å². The van der Waals surface area contributed by atoms with Crippen molar-refractivity contribution in [3.05, 3.63) is 0 Å². The topological polar surface area (TPSA) is 210 Å². The standard InChI is InChI=1S/2C2H8O7P2.2Na/c2*1-2(7-10(4)5)8-11(6)9-3;;/h2*2-3,10-11H,1H3,(H,4,5);;/q;;2*+1/p-2. The second-order valence-electron chi connectivity index (χ2n) is 2.79. The molecule has 0 aromatic carbocycles. The summed E-state index contributed by atoms with van der Waals surface area (Å²) in [5.74, 6) is 0. The molecule has 14 nitrogen and oxygen atoms in total. The molecule has 0 fully saturated rings. The molecule has 24 heavy (non-hydrogen) atoms. The first kappa shape index (κ1) is 34.1. The van der Waals surface area contributed by atoms with Crippen molar-refractivity contribution in [1.29, 1.82) is 0 Å². The molecule has 0 rings (SSSR count). The van der Waals surface area contributed by atoms with Gasteiger partial charge in [0.15, 0.2) is 12.6 Å². The SMILES string of the molecule is CC(O[PH](=O)[O-])O[PH](=O)OO.CC(O[PH](=O)[O-])O[PH](=O)OO.[Na+].[Na+]. The van der Waals surface area contributed by atoms with Crippen molar-refractivity contribution in [2.24, 2.45) is 0 Å². The van der Waals surface area contributed by atoms with Crippen molar-refractivity contribution in [3.63, 3.8) is 0 Å². The molecule has 0 saturated carbocycles. The maximum atomic E-state index is 10.2. The fraction of sp³-hybridized carbons (Fsp3) is 1.00. The van der Waals surface area contributed by atoms with Gasteiger partial charge in [0.1, 0.15) is 16.5 Å². The van der Waals surface area contributed by atoms with Crippen LogP contribution in [0.1, 0.15) is 13.8 Å². The van der Waals surface area contributed by atoms with Gasteiger partial charge in [0, 0.05) is 0 Å². The molecule has 0 aromatic rings. The maximum absolute atomic E-state index is 10.2. The molecule has 136 valence electrons. The number of hydrogen-bond acceptors (Lipinski definition) is 14. The molecule has 0 aromatic heterocycles.